The highest BCUT2D eigenvalue weighted by Gasteiger charge is 2.26. The van der Waals surface area contributed by atoms with E-state index in [9.17, 15) is 9.18 Å². The molecule has 0 N–H and O–H groups in total. The molecule has 1 amide bonds. The first-order valence-corrected chi connectivity index (χ1v) is 10.9. The van der Waals surface area contributed by atoms with Crippen molar-refractivity contribution < 1.29 is 9.18 Å². The Kier molecular flexibility index (Phi) is 5.92. The summed E-state index contributed by atoms with van der Waals surface area (Å²) in [6.45, 7) is 4.22. The van der Waals surface area contributed by atoms with Crippen LogP contribution < -0.4 is 0 Å². The molecule has 0 bridgehead atoms. The SMILES string of the molecule is CC(c1ccc(F)cc1)N(C)C(=O)CN1CCC(c2nc3ccccc3s2)CC1. The van der Waals surface area contributed by atoms with E-state index in [1.165, 1.54) is 21.8 Å². The van der Waals surface area contributed by atoms with Crippen LogP contribution in [-0.4, -0.2) is 47.4 Å². The number of aromatic nitrogens is 1. The van der Waals surface area contributed by atoms with Gasteiger partial charge in [0.1, 0.15) is 5.82 Å². The molecule has 0 aliphatic carbocycles. The number of carbonyl (C=O) groups excluding carboxylic acids is 1. The zero-order valence-corrected chi connectivity index (χ0v) is 17.7. The van der Waals surface area contributed by atoms with E-state index in [-0.39, 0.29) is 17.8 Å². The minimum absolute atomic E-state index is 0.0802. The lowest BCUT2D eigenvalue weighted by molar-refractivity contribution is -0.133. The van der Waals surface area contributed by atoms with Crippen LogP contribution in [0.25, 0.3) is 10.2 Å². The topological polar surface area (TPSA) is 36.4 Å². The van der Waals surface area contributed by atoms with Crippen molar-refractivity contribution in [1.29, 1.82) is 0 Å². The van der Waals surface area contributed by atoms with E-state index in [4.69, 9.17) is 4.98 Å². The van der Waals surface area contributed by atoms with Gasteiger partial charge in [-0.3, -0.25) is 9.69 Å². The highest BCUT2D eigenvalue weighted by molar-refractivity contribution is 7.18. The molecule has 152 valence electrons. The molecule has 29 heavy (non-hydrogen) atoms. The number of thiazole rings is 1. The quantitative estimate of drug-likeness (QED) is 0.603. The number of likely N-dealkylation sites (tertiary alicyclic amines) is 1. The van der Waals surface area contributed by atoms with Gasteiger partial charge < -0.3 is 4.90 Å². The van der Waals surface area contributed by atoms with Crippen molar-refractivity contribution >= 4 is 27.5 Å². The largest absolute Gasteiger partial charge is 0.338 e. The summed E-state index contributed by atoms with van der Waals surface area (Å²) < 4.78 is 14.4. The molecule has 4 rings (SSSR count). The Morgan fingerprint density at radius 2 is 1.90 bits per heavy atom. The molecule has 0 radical (unpaired) electrons. The predicted octanol–water partition coefficient (Wildman–Crippen LogP) is 4.83. The van der Waals surface area contributed by atoms with E-state index in [0.29, 0.717) is 12.5 Å². The van der Waals surface area contributed by atoms with Crippen molar-refractivity contribution in [2.24, 2.45) is 0 Å². The molecule has 1 fully saturated rings. The molecule has 1 aliphatic heterocycles. The van der Waals surface area contributed by atoms with Crippen molar-refractivity contribution in [3.63, 3.8) is 0 Å². The number of benzene rings is 2. The normalized spacial score (nSPS) is 16.8. The zero-order valence-electron chi connectivity index (χ0n) is 16.8. The lowest BCUT2D eigenvalue weighted by Crippen LogP contribution is -2.42. The molecule has 0 saturated carbocycles. The van der Waals surface area contributed by atoms with E-state index in [0.717, 1.165) is 37.0 Å². The molecule has 0 spiro atoms. The maximum Gasteiger partial charge on any atom is 0.236 e. The van der Waals surface area contributed by atoms with Gasteiger partial charge in [-0.2, -0.15) is 0 Å². The third-order valence-corrected chi connectivity index (χ3v) is 7.13. The van der Waals surface area contributed by atoms with Crippen LogP contribution in [0, 0.1) is 5.82 Å². The first kappa shape index (κ1) is 20.0. The number of amides is 1. The van der Waals surface area contributed by atoms with Crippen LogP contribution in [0.1, 0.15) is 42.3 Å². The summed E-state index contributed by atoms with van der Waals surface area (Å²) in [5.74, 6) is 0.320. The van der Waals surface area contributed by atoms with E-state index < -0.39 is 0 Å². The average molecular weight is 412 g/mol. The van der Waals surface area contributed by atoms with E-state index in [2.05, 4.69) is 23.1 Å². The molecule has 6 heteroatoms. The van der Waals surface area contributed by atoms with Crippen molar-refractivity contribution in [3.05, 3.63) is 64.9 Å². The van der Waals surface area contributed by atoms with Crippen molar-refractivity contribution in [1.82, 2.24) is 14.8 Å². The molecule has 1 aliphatic rings. The number of para-hydroxylation sites is 1. The van der Waals surface area contributed by atoms with Gasteiger partial charge in [0.2, 0.25) is 5.91 Å². The number of piperidine rings is 1. The van der Waals surface area contributed by atoms with E-state index in [1.54, 1.807) is 28.4 Å². The second-order valence-electron chi connectivity index (χ2n) is 7.80. The highest BCUT2D eigenvalue weighted by atomic mass is 32.1. The number of rotatable bonds is 5. The number of likely N-dealkylation sites (N-methyl/N-ethyl adjacent to an activating group) is 1. The van der Waals surface area contributed by atoms with Crippen molar-refractivity contribution in [2.45, 2.75) is 31.7 Å². The summed E-state index contributed by atoms with van der Waals surface area (Å²) in [6.07, 6.45) is 2.06. The molecule has 2 heterocycles. The van der Waals surface area contributed by atoms with Gasteiger partial charge in [0.15, 0.2) is 0 Å². The molecule has 3 aromatic rings. The first-order chi connectivity index (χ1) is 14.0. The zero-order chi connectivity index (χ0) is 20.4. The molecular weight excluding hydrogens is 385 g/mol. The van der Waals surface area contributed by atoms with Crippen LogP contribution in [0.15, 0.2) is 48.5 Å². The maximum absolute atomic E-state index is 13.1. The second-order valence-corrected chi connectivity index (χ2v) is 8.86. The minimum Gasteiger partial charge on any atom is -0.338 e. The molecule has 1 aromatic heterocycles. The summed E-state index contributed by atoms with van der Waals surface area (Å²) >= 11 is 1.79. The summed E-state index contributed by atoms with van der Waals surface area (Å²) in [4.78, 5) is 21.6. The van der Waals surface area contributed by atoms with Gasteiger partial charge in [-0.1, -0.05) is 24.3 Å². The predicted molar refractivity (Wildman–Crippen MR) is 116 cm³/mol. The van der Waals surface area contributed by atoms with Crippen LogP contribution in [0.2, 0.25) is 0 Å². The summed E-state index contributed by atoms with van der Waals surface area (Å²) in [6, 6.07) is 14.6. The van der Waals surface area contributed by atoms with Gasteiger partial charge in [-0.15, -0.1) is 11.3 Å². The van der Waals surface area contributed by atoms with Crippen LogP contribution in [0.3, 0.4) is 0 Å². The van der Waals surface area contributed by atoms with Crippen LogP contribution in [0.4, 0.5) is 4.39 Å². The van der Waals surface area contributed by atoms with Gasteiger partial charge in [0.25, 0.3) is 0 Å². The fraction of sp³-hybridized carbons (Fsp3) is 0.391. The molecule has 1 unspecified atom stereocenters. The smallest absolute Gasteiger partial charge is 0.236 e. The third-order valence-electron chi connectivity index (χ3n) is 5.93. The number of hydrogen-bond acceptors (Lipinski definition) is 4. The van der Waals surface area contributed by atoms with Crippen molar-refractivity contribution in [3.8, 4) is 0 Å². The Bertz CT molecular complexity index is 946. The summed E-state index contributed by atoms with van der Waals surface area (Å²) in [5, 5.41) is 1.22. The van der Waals surface area contributed by atoms with Crippen LogP contribution in [0.5, 0.6) is 0 Å². The fourth-order valence-corrected chi connectivity index (χ4v) is 5.02. The van der Waals surface area contributed by atoms with Gasteiger partial charge >= 0.3 is 0 Å². The van der Waals surface area contributed by atoms with Crippen LogP contribution in [-0.2, 0) is 4.79 Å². The Hall–Kier alpha value is -2.31. The van der Waals surface area contributed by atoms with E-state index >= 15 is 0 Å². The number of fused-ring (bicyclic) bond motifs is 1. The average Bonchev–Trinajstić information content (AvgIpc) is 3.18. The lowest BCUT2D eigenvalue weighted by atomic mass is 9.97. The molecular formula is C23H26FN3OS. The standard InChI is InChI=1S/C23H26FN3OS/c1-16(17-7-9-19(24)10-8-17)26(2)22(28)15-27-13-11-18(12-14-27)23-25-20-5-3-4-6-21(20)29-23/h3-10,16,18H,11-15H2,1-2H3. The Morgan fingerprint density at radius 3 is 2.59 bits per heavy atom. The molecule has 1 saturated heterocycles. The molecule has 2 aromatic carbocycles. The molecule has 1 atom stereocenters. The number of hydrogen-bond donors (Lipinski definition) is 0. The first-order valence-electron chi connectivity index (χ1n) is 10.1. The van der Waals surface area contributed by atoms with Gasteiger partial charge in [0, 0.05) is 13.0 Å². The Labute approximate surface area is 175 Å². The number of nitrogens with zero attached hydrogens (tertiary/aromatic N) is 3. The van der Waals surface area contributed by atoms with Crippen LogP contribution >= 0.6 is 11.3 Å². The highest BCUT2D eigenvalue weighted by Crippen LogP contribution is 2.33. The monoisotopic (exact) mass is 411 g/mol. The van der Waals surface area contributed by atoms with Gasteiger partial charge in [-0.05, 0) is 62.7 Å². The summed E-state index contributed by atoms with van der Waals surface area (Å²) in [7, 11) is 1.82. The maximum atomic E-state index is 13.1. The number of carbonyl (C=O) groups is 1. The van der Waals surface area contributed by atoms with E-state index in [1.807, 2.05) is 20.0 Å². The summed E-state index contributed by atoms with van der Waals surface area (Å²) in [5.41, 5.74) is 2.03. The minimum atomic E-state index is -0.258. The van der Waals surface area contributed by atoms with Crippen molar-refractivity contribution in [2.75, 3.05) is 26.7 Å². The Morgan fingerprint density at radius 1 is 1.21 bits per heavy atom. The molecule has 4 nitrogen and oxygen atoms in total. The van der Waals surface area contributed by atoms with Gasteiger partial charge in [-0.25, -0.2) is 9.37 Å². The third kappa shape index (κ3) is 4.49. The Balaban J connectivity index is 1.31. The second kappa shape index (κ2) is 8.59. The fourth-order valence-electron chi connectivity index (χ4n) is 3.89. The lowest BCUT2D eigenvalue weighted by Gasteiger charge is -2.33. The number of halogens is 1. The van der Waals surface area contributed by atoms with Gasteiger partial charge in [0.05, 0.1) is 27.8 Å².